The smallest absolute Gasteiger partial charge is 0.251 e. The quantitative estimate of drug-likeness (QED) is 0.829. The van der Waals surface area contributed by atoms with Crippen molar-refractivity contribution < 1.29 is 9.59 Å². The zero-order valence-electron chi connectivity index (χ0n) is 12.5. The molecule has 0 radical (unpaired) electrons. The Labute approximate surface area is 125 Å². The summed E-state index contributed by atoms with van der Waals surface area (Å²) >= 11 is 0. The maximum Gasteiger partial charge on any atom is 0.251 e. The molecule has 5 nitrogen and oxygen atoms in total. The van der Waals surface area contributed by atoms with Crippen molar-refractivity contribution in [3.63, 3.8) is 0 Å². The number of piperidine rings is 1. The minimum Gasteiger partial charge on any atom is -0.398 e. The standard InChI is InChI=1S/C16H23N3O2/c1-12-13(6-5-7-14(12)17)16(21)18-9-8-15(20)19-10-3-2-4-11-19/h5-7H,2-4,8-11,17H2,1H3,(H,18,21). The summed E-state index contributed by atoms with van der Waals surface area (Å²) in [4.78, 5) is 26.0. The SMILES string of the molecule is Cc1c(N)cccc1C(=O)NCCC(=O)N1CCCCC1. The summed E-state index contributed by atoms with van der Waals surface area (Å²) in [6, 6.07) is 5.27. The highest BCUT2D eigenvalue weighted by Crippen LogP contribution is 2.15. The van der Waals surface area contributed by atoms with E-state index in [2.05, 4.69) is 5.32 Å². The van der Waals surface area contributed by atoms with E-state index in [9.17, 15) is 9.59 Å². The molecular formula is C16H23N3O2. The van der Waals surface area contributed by atoms with Crippen molar-refractivity contribution in [2.75, 3.05) is 25.4 Å². The number of nitrogen functional groups attached to an aromatic ring is 1. The number of anilines is 1. The number of nitrogens with zero attached hydrogens (tertiary/aromatic N) is 1. The third-order valence-corrected chi connectivity index (χ3v) is 3.95. The number of amides is 2. The highest BCUT2D eigenvalue weighted by Gasteiger charge is 2.16. The maximum atomic E-state index is 12.1. The summed E-state index contributed by atoms with van der Waals surface area (Å²) in [7, 11) is 0. The number of likely N-dealkylation sites (tertiary alicyclic amines) is 1. The van der Waals surface area contributed by atoms with Crippen LogP contribution >= 0.6 is 0 Å². The molecule has 1 aromatic rings. The van der Waals surface area contributed by atoms with Crippen LogP contribution in [0.1, 0.15) is 41.6 Å². The molecule has 2 rings (SSSR count). The molecule has 1 aliphatic heterocycles. The molecule has 5 heteroatoms. The fourth-order valence-corrected chi connectivity index (χ4v) is 2.58. The molecule has 0 unspecified atom stereocenters. The van der Waals surface area contributed by atoms with Gasteiger partial charge in [0.25, 0.3) is 5.91 Å². The monoisotopic (exact) mass is 289 g/mol. The molecule has 0 spiro atoms. The van der Waals surface area contributed by atoms with E-state index in [-0.39, 0.29) is 11.8 Å². The van der Waals surface area contributed by atoms with Crippen LogP contribution in [0.25, 0.3) is 0 Å². The lowest BCUT2D eigenvalue weighted by Gasteiger charge is -2.26. The number of carbonyl (C=O) groups is 2. The maximum absolute atomic E-state index is 12.1. The van der Waals surface area contributed by atoms with Crippen LogP contribution in [0.5, 0.6) is 0 Å². The Morgan fingerprint density at radius 2 is 1.95 bits per heavy atom. The van der Waals surface area contributed by atoms with Crippen LogP contribution in [0.4, 0.5) is 5.69 Å². The number of hydrogen-bond donors (Lipinski definition) is 2. The molecule has 0 saturated carbocycles. The van der Waals surface area contributed by atoms with Crippen LogP contribution in [0.15, 0.2) is 18.2 Å². The van der Waals surface area contributed by atoms with E-state index in [4.69, 9.17) is 5.73 Å². The van der Waals surface area contributed by atoms with Gasteiger partial charge in [-0.15, -0.1) is 0 Å². The van der Waals surface area contributed by atoms with Crippen molar-refractivity contribution in [2.45, 2.75) is 32.6 Å². The van der Waals surface area contributed by atoms with Gasteiger partial charge in [0.2, 0.25) is 5.91 Å². The fraction of sp³-hybridized carbons (Fsp3) is 0.500. The van der Waals surface area contributed by atoms with E-state index >= 15 is 0 Å². The Kier molecular flexibility index (Phi) is 5.20. The fourth-order valence-electron chi connectivity index (χ4n) is 2.58. The van der Waals surface area contributed by atoms with Gasteiger partial charge < -0.3 is 16.0 Å². The van der Waals surface area contributed by atoms with Crippen LogP contribution in [-0.4, -0.2) is 36.3 Å². The normalized spacial score (nSPS) is 14.8. The van der Waals surface area contributed by atoms with Crippen molar-refractivity contribution in [1.82, 2.24) is 10.2 Å². The van der Waals surface area contributed by atoms with E-state index in [0.29, 0.717) is 24.2 Å². The molecule has 1 fully saturated rings. The molecule has 0 bridgehead atoms. The number of benzene rings is 1. The first-order valence-electron chi connectivity index (χ1n) is 7.50. The number of nitrogens with two attached hydrogens (primary N) is 1. The molecule has 1 aliphatic rings. The summed E-state index contributed by atoms with van der Waals surface area (Å²) in [5.74, 6) is -0.0504. The first-order valence-corrected chi connectivity index (χ1v) is 7.50. The molecular weight excluding hydrogens is 266 g/mol. The van der Waals surface area contributed by atoms with Crippen LogP contribution in [0.2, 0.25) is 0 Å². The lowest BCUT2D eigenvalue weighted by Crippen LogP contribution is -2.37. The van der Waals surface area contributed by atoms with E-state index in [1.54, 1.807) is 18.2 Å². The van der Waals surface area contributed by atoms with Gasteiger partial charge in [0.15, 0.2) is 0 Å². The molecule has 114 valence electrons. The van der Waals surface area contributed by atoms with Gasteiger partial charge in [-0.05, 0) is 43.9 Å². The lowest BCUT2D eigenvalue weighted by atomic mass is 10.1. The van der Waals surface area contributed by atoms with E-state index in [1.165, 1.54) is 6.42 Å². The summed E-state index contributed by atoms with van der Waals surface area (Å²) in [6.07, 6.45) is 3.73. The molecule has 21 heavy (non-hydrogen) atoms. The molecule has 1 saturated heterocycles. The summed E-state index contributed by atoms with van der Waals surface area (Å²) < 4.78 is 0. The van der Waals surface area contributed by atoms with E-state index in [0.717, 1.165) is 31.5 Å². The van der Waals surface area contributed by atoms with Crippen LogP contribution in [-0.2, 0) is 4.79 Å². The Hall–Kier alpha value is -2.04. The average Bonchev–Trinajstić information content (AvgIpc) is 2.50. The summed E-state index contributed by atoms with van der Waals surface area (Å²) in [5, 5.41) is 2.80. The Morgan fingerprint density at radius 3 is 2.67 bits per heavy atom. The highest BCUT2D eigenvalue weighted by molar-refractivity contribution is 5.97. The lowest BCUT2D eigenvalue weighted by molar-refractivity contribution is -0.131. The first-order chi connectivity index (χ1) is 10.1. The van der Waals surface area contributed by atoms with Crippen LogP contribution in [0.3, 0.4) is 0 Å². The molecule has 0 atom stereocenters. The molecule has 1 heterocycles. The van der Waals surface area contributed by atoms with Crippen molar-refractivity contribution in [3.8, 4) is 0 Å². The van der Waals surface area contributed by atoms with Gasteiger partial charge in [0.05, 0.1) is 0 Å². The predicted molar refractivity (Wildman–Crippen MR) is 83.0 cm³/mol. The Bertz CT molecular complexity index is 522. The largest absolute Gasteiger partial charge is 0.398 e. The topological polar surface area (TPSA) is 75.4 Å². The summed E-state index contributed by atoms with van der Waals surface area (Å²) in [6.45, 7) is 3.88. The van der Waals surface area contributed by atoms with Crippen molar-refractivity contribution >= 4 is 17.5 Å². The third-order valence-electron chi connectivity index (χ3n) is 3.95. The molecule has 0 aromatic heterocycles. The zero-order valence-corrected chi connectivity index (χ0v) is 12.5. The zero-order chi connectivity index (χ0) is 15.2. The molecule has 3 N–H and O–H groups in total. The van der Waals surface area contributed by atoms with E-state index < -0.39 is 0 Å². The predicted octanol–water partition coefficient (Wildman–Crippen LogP) is 1.71. The number of rotatable bonds is 4. The molecule has 2 amide bonds. The van der Waals surface area contributed by atoms with E-state index in [1.807, 2.05) is 11.8 Å². The van der Waals surface area contributed by atoms with Gasteiger partial charge in [-0.25, -0.2) is 0 Å². The highest BCUT2D eigenvalue weighted by atomic mass is 16.2. The second-order valence-electron chi connectivity index (χ2n) is 5.47. The number of hydrogen-bond acceptors (Lipinski definition) is 3. The first kappa shape index (κ1) is 15.4. The van der Waals surface area contributed by atoms with Gasteiger partial charge in [-0.2, -0.15) is 0 Å². The Morgan fingerprint density at radius 1 is 1.24 bits per heavy atom. The van der Waals surface area contributed by atoms with Gasteiger partial charge in [-0.1, -0.05) is 6.07 Å². The second-order valence-corrected chi connectivity index (χ2v) is 5.47. The van der Waals surface area contributed by atoms with Crippen LogP contribution in [0, 0.1) is 6.92 Å². The number of nitrogens with one attached hydrogen (secondary N) is 1. The molecule has 0 aliphatic carbocycles. The third kappa shape index (κ3) is 3.97. The molecule has 1 aromatic carbocycles. The van der Waals surface area contributed by atoms with Gasteiger partial charge in [-0.3, -0.25) is 9.59 Å². The second kappa shape index (κ2) is 7.11. The van der Waals surface area contributed by atoms with Crippen molar-refractivity contribution in [1.29, 1.82) is 0 Å². The van der Waals surface area contributed by atoms with Crippen molar-refractivity contribution in [3.05, 3.63) is 29.3 Å². The van der Waals surface area contributed by atoms with Crippen molar-refractivity contribution in [2.24, 2.45) is 0 Å². The minimum absolute atomic E-state index is 0.124. The van der Waals surface area contributed by atoms with Gasteiger partial charge >= 0.3 is 0 Å². The van der Waals surface area contributed by atoms with Gasteiger partial charge in [0.1, 0.15) is 0 Å². The average molecular weight is 289 g/mol. The minimum atomic E-state index is -0.175. The number of carbonyl (C=O) groups excluding carboxylic acids is 2. The van der Waals surface area contributed by atoms with Gasteiger partial charge in [0, 0.05) is 37.3 Å². The Balaban J connectivity index is 1.81. The summed E-state index contributed by atoms with van der Waals surface area (Å²) in [5.41, 5.74) is 7.74. The van der Waals surface area contributed by atoms with Crippen LogP contribution < -0.4 is 11.1 Å².